The SMILES string of the molecule is C/C=C(/C)C(=O)O[C@@H]1c2cc3c(c4c2C2(CO4)C(=O)C(OC)=C(OC)C=C2[C@H](OC(=O)/C(C)=C\C)[C@@](C)(O)[C@H]1C)OCO3. The van der Waals surface area contributed by atoms with Gasteiger partial charge in [0.25, 0.3) is 0 Å². The fraction of sp³-hybridized carbons (Fsp3) is 0.469. The summed E-state index contributed by atoms with van der Waals surface area (Å²) >= 11 is 0. The van der Waals surface area contributed by atoms with Crippen LogP contribution in [0.1, 0.15) is 58.8 Å². The number of hydrogen-bond donors (Lipinski definition) is 1. The van der Waals surface area contributed by atoms with E-state index in [1.54, 1.807) is 58.9 Å². The molecule has 1 aromatic rings. The third kappa shape index (κ3) is 4.31. The summed E-state index contributed by atoms with van der Waals surface area (Å²) in [5, 5.41) is 12.4. The number of Topliss-reactive ketones (excluding diaryl/α,β-unsaturated/α-hetero) is 1. The first-order valence-corrected chi connectivity index (χ1v) is 14.0. The number of ether oxygens (including phenoxy) is 7. The van der Waals surface area contributed by atoms with Gasteiger partial charge in [0.05, 0.1) is 14.2 Å². The van der Waals surface area contributed by atoms with Crippen LogP contribution in [0.5, 0.6) is 17.2 Å². The molecule has 5 rings (SSSR count). The van der Waals surface area contributed by atoms with E-state index >= 15 is 0 Å². The van der Waals surface area contributed by atoms with Crippen LogP contribution in [0.25, 0.3) is 0 Å². The Bertz CT molecular complexity index is 1530. The Morgan fingerprint density at radius 1 is 1.00 bits per heavy atom. The summed E-state index contributed by atoms with van der Waals surface area (Å²) in [6.45, 7) is 9.42. The summed E-state index contributed by atoms with van der Waals surface area (Å²) in [5.74, 6) is -1.93. The van der Waals surface area contributed by atoms with E-state index in [2.05, 4.69) is 0 Å². The third-order valence-corrected chi connectivity index (χ3v) is 9.00. The molecule has 0 fully saturated rings. The van der Waals surface area contributed by atoms with E-state index in [9.17, 15) is 19.5 Å². The maximum absolute atomic E-state index is 14.7. The molecule has 5 atom stereocenters. The number of methoxy groups -OCH3 is 2. The Labute approximate surface area is 249 Å². The van der Waals surface area contributed by atoms with E-state index in [-0.39, 0.29) is 42.0 Å². The highest BCUT2D eigenvalue weighted by Gasteiger charge is 2.64. The minimum Gasteiger partial charge on any atom is -0.493 e. The van der Waals surface area contributed by atoms with Gasteiger partial charge in [-0.1, -0.05) is 19.1 Å². The first kappa shape index (κ1) is 30.2. The van der Waals surface area contributed by atoms with Crippen molar-refractivity contribution in [2.75, 3.05) is 27.6 Å². The number of rotatable bonds is 6. The minimum absolute atomic E-state index is 0.0865. The molecule has 2 heterocycles. The summed E-state index contributed by atoms with van der Waals surface area (Å²) in [6, 6.07) is 1.65. The van der Waals surface area contributed by atoms with Crippen LogP contribution in [0, 0.1) is 5.92 Å². The molecule has 2 aliphatic heterocycles. The van der Waals surface area contributed by atoms with Crippen LogP contribution >= 0.6 is 0 Å². The van der Waals surface area contributed by atoms with Gasteiger partial charge in [-0.2, -0.15) is 0 Å². The number of carbonyl (C=O) groups excluding carboxylic acids is 3. The second-order valence-electron chi connectivity index (χ2n) is 11.2. The molecule has 0 amide bonds. The fourth-order valence-corrected chi connectivity index (χ4v) is 6.03. The maximum atomic E-state index is 14.7. The van der Waals surface area contributed by atoms with Gasteiger partial charge in [-0.15, -0.1) is 0 Å². The van der Waals surface area contributed by atoms with Crippen LogP contribution in [0.15, 0.2) is 52.5 Å². The summed E-state index contributed by atoms with van der Waals surface area (Å²) in [7, 11) is 2.73. The second kappa shape index (κ2) is 10.8. The van der Waals surface area contributed by atoms with Gasteiger partial charge in [-0.25, -0.2) is 9.59 Å². The number of esters is 2. The molecule has 2 aliphatic carbocycles. The quantitative estimate of drug-likeness (QED) is 0.378. The lowest BCUT2D eigenvalue weighted by Gasteiger charge is -2.48. The number of fused-ring (bicyclic) bond motifs is 2. The van der Waals surface area contributed by atoms with Crippen molar-refractivity contribution in [3.05, 3.63) is 63.7 Å². The van der Waals surface area contributed by atoms with E-state index in [1.807, 2.05) is 0 Å². The predicted octanol–water partition coefficient (Wildman–Crippen LogP) is 3.89. The highest BCUT2D eigenvalue weighted by Crippen LogP contribution is 2.62. The van der Waals surface area contributed by atoms with Crippen LogP contribution in [0.3, 0.4) is 0 Å². The van der Waals surface area contributed by atoms with Gasteiger partial charge in [0.15, 0.2) is 23.4 Å². The molecule has 0 saturated heterocycles. The summed E-state index contributed by atoms with van der Waals surface area (Å²) in [6.07, 6.45) is 2.18. The first-order chi connectivity index (χ1) is 20.4. The Morgan fingerprint density at radius 2 is 1.65 bits per heavy atom. The lowest BCUT2D eigenvalue weighted by molar-refractivity contribution is -0.177. The smallest absolute Gasteiger partial charge is 0.334 e. The molecule has 4 aliphatic rings. The van der Waals surface area contributed by atoms with Crippen LogP contribution in [0.2, 0.25) is 0 Å². The van der Waals surface area contributed by atoms with Crippen molar-refractivity contribution in [1.29, 1.82) is 0 Å². The molecular formula is C32H36O11. The van der Waals surface area contributed by atoms with Crippen LogP contribution in [0.4, 0.5) is 0 Å². The molecule has 11 heteroatoms. The molecule has 1 N–H and O–H groups in total. The third-order valence-electron chi connectivity index (χ3n) is 9.00. The maximum Gasteiger partial charge on any atom is 0.334 e. The van der Waals surface area contributed by atoms with Crippen LogP contribution in [-0.4, -0.2) is 62.2 Å². The second-order valence-corrected chi connectivity index (χ2v) is 11.2. The van der Waals surface area contributed by atoms with E-state index in [0.717, 1.165) is 0 Å². The largest absolute Gasteiger partial charge is 0.493 e. The Balaban J connectivity index is 1.89. The highest BCUT2D eigenvalue weighted by atomic mass is 16.7. The standard InChI is InChI=1S/C32H36O11/c1-9-15(3)29(34)42-23-17(5)31(6,36)28(43-30(35)16(4)10-2)19-12-20(37-7)25(38-8)27(33)32(19)13-39-26-22(32)18(23)11-21-24(26)41-14-40-21/h9-12,17,23,28,36H,13-14H2,1-8H3/b15-9-,16-10-/t17-,23-,28-,31-,32?/m0/s1. The van der Waals surface area contributed by atoms with Gasteiger partial charge in [0.2, 0.25) is 24.1 Å². The van der Waals surface area contributed by atoms with Crippen molar-refractivity contribution < 1.29 is 52.6 Å². The van der Waals surface area contributed by atoms with E-state index in [0.29, 0.717) is 28.0 Å². The van der Waals surface area contributed by atoms with Crippen molar-refractivity contribution >= 4 is 17.7 Å². The molecule has 0 saturated carbocycles. The Hall–Kier alpha value is -4.25. The zero-order valence-corrected chi connectivity index (χ0v) is 25.5. The molecule has 0 radical (unpaired) electrons. The zero-order valence-electron chi connectivity index (χ0n) is 25.5. The number of allylic oxidation sites excluding steroid dienone is 4. The van der Waals surface area contributed by atoms with Gasteiger partial charge in [0.1, 0.15) is 23.7 Å². The molecule has 0 bridgehead atoms. The average Bonchev–Trinajstić information content (AvgIpc) is 3.63. The van der Waals surface area contributed by atoms with Gasteiger partial charge in [-0.3, -0.25) is 4.79 Å². The van der Waals surface area contributed by atoms with Gasteiger partial charge >= 0.3 is 11.9 Å². The minimum atomic E-state index is -1.90. The van der Waals surface area contributed by atoms with Crippen molar-refractivity contribution in [3.63, 3.8) is 0 Å². The molecule has 230 valence electrons. The Kier molecular flexibility index (Phi) is 7.58. The molecule has 11 nitrogen and oxygen atoms in total. The molecule has 1 spiro atoms. The van der Waals surface area contributed by atoms with Gasteiger partial charge < -0.3 is 38.3 Å². The number of aliphatic hydroxyl groups is 1. The van der Waals surface area contributed by atoms with Gasteiger partial charge in [0, 0.05) is 28.2 Å². The Morgan fingerprint density at radius 3 is 2.26 bits per heavy atom. The van der Waals surface area contributed by atoms with E-state index in [1.165, 1.54) is 21.1 Å². The van der Waals surface area contributed by atoms with Crippen LogP contribution in [-0.2, 0) is 38.7 Å². The molecule has 0 aromatic heterocycles. The van der Waals surface area contributed by atoms with E-state index < -0.39 is 46.9 Å². The average molecular weight is 597 g/mol. The molecular weight excluding hydrogens is 560 g/mol. The molecule has 43 heavy (non-hydrogen) atoms. The lowest BCUT2D eigenvalue weighted by atomic mass is 9.59. The number of carbonyl (C=O) groups is 3. The highest BCUT2D eigenvalue weighted by molar-refractivity contribution is 6.09. The monoisotopic (exact) mass is 596 g/mol. The number of hydrogen-bond acceptors (Lipinski definition) is 11. The summed E-state index contributed by atoms with van der Waals surface area (Å²) in [4.78, 5) is 41.2. The van der Waals surface area contributed by atoms with Gasteiger partial charge in [-0.05, 0) is 52.3 Å². The summed E-state index contributed by atoms with van der Waals surface area (Å²) < 4.78 is 41.0. The van der Waals surface area contributed by atoms with E-state index in [4.69, 9.17) is 33.2 Å². The topological polar surface area (TPSA) is 136 Å². The van der Waals surface area contributed by atoms with Crippen molar-refractivity contribution in [1.82, 2.24) is 0 Å². The number of benzene rings is 1. The normalized spacial score (nSPS) is 29.5. The molecule has 1 unspecified atom stereocenters. The molecule has 1 aromatic carbocycles. The van der Waals surface area contributed by atoms with Crippen molar-refractivity contribution in [3.8, 4) is 17.2 Å². The van der Waals surface area contributed by atoms with Crippen molar-refractivity contribution in [2.45, 2.75) is 64.8 Å². The van der Waals surface area contributed by atoms with Crippen LogP contribution < -0.4 is 14.2 Å². The first-order valence-electron chi connectivity index (χ1n) is 14.0. The summed E-state index contributed by atoms with van der Waals surface area (Å²) in [5.41, 5.74) is -2.01. The zero-order chi connectivity index (χ0) is 31.4. The number of ketones is 1. The van der Waals surface area contributed by atoms with Crippen molar-refractivity contribution in [2.24, 2.45) is 5.92 Å². The lowest BCUT2D eigenvalue weighted by Crippen LogP contribution is -2.59. The fourth-order valence-electron chi connectivity index (χ4n) is 6.03. The predicted molar refractivity (Wildman–Crippen MR) is 151 cm³/mol.